The van der Waals surface area contributed by atoms with E-state index in [-0.39, 0.29) is 10.7 Å². The molecule has 1 aromatic carbocycles. The normalized spacial score (nSPS) is 11.4. The van der Waals surface area contributed by atoms with E-state index in [9.17, 15) is 8.42 Å². The summed E-state index contributed by atoms with van der Waals surface area (Å²) in [6.07, 6.45) is 0. The highest BCUT2D eigenvalue weighted by Gasteiger charge is 2.21. The first kappa shape index (κ1) is 14.4. The van der Waals surface area contributed by atoms with Crippen LogP contribution in [0.5, 0.6) is 5.75 Å². The Bertz CT molecular complexity index is 712. The molecule has 0 aliphatic rings. The number of ether oxygens (including phenoxy) is 1. The lowest BCUT2D eigenvalue weighted by atomic mass is 10.1. The molecule has 0 aliphatic carbocycles. The number of aryl methyl sites for hydroxylation is 3. The third-order valence-electron chi connectivity index (χ3n) is 2.88. The highest BCUT2D eigenvalue weighted by Crippen LogP contribution is 2.27. The molecular weight excluding hydrogens is 278 g/mol. The lowest BCUT2D eigenvalue weighted by molar-refractivity contribution is 0.413. The van der Waals surface area contributed by atoms with Crippen molar-refractivity contribution in [1.29, 1.82) is 0 Å². The topological polar surface area (TPSA) is 84.1 Å². The standard InChI is InChI=1S/C13H17N3O3S/c1-8-5-11(19-4)6-9(2)13(8)20(17,18)16-12-7-10(3)14-15-12/h5-7H,1-4H3,(H2,14,15,16). The van der Waals surface area contributed by atoms with Gasteiger partial charge >= 0.3 is 0 Å². The summed E-state index contributed by atoms with van der Waals surface area (Å²) in [4.78, 5) is 0.249. The molecule has 2 N–H and O–H groups in total. The van der Waals surface area contributed by atoms with E-state index in [0.717, 1.165) is 5.69 Å². The Morgan fingerprint density at radius 3 is 2.20 bits per heavy atom. The molecule has 0 atom stereocenters. The van der Waals surface area contributed by atoms with Crippen LogP contribution in [-0.4, -0.2) is 25.7 Å². The van der Waals surface area contributed by atoms with E-state index in [2.05, 4.69) is 14.9 Å². The van der Waals surface area contributed by atoms with E-state index in [4.69, 9.17) is 4.74 Å². The first-order chi connectivity index (χ1) is 9.33. The van der Waals surface area contributed by atoms with E-state index in [1.807, 2.05) is 0 Å². The Hall–Kier alpha value is -2.02. The molecular formula is C13H17N3O3S. The summed E-state index contributed by atoms with van der Waals surface area (Å²) in [6.45, 7) is 5.27. The fourth-order valence-corrected chi connectivity index (χ4v) is 3.56. The summed E-state index contributed by atoms with van der Waals surface area (Å²) in [5.74, 6) is 0.909. The van der Waals surface area contributed by atoms with Crippen LogP contribution in [0, 0.1) is 20.8 Å². The average molecular weight is 295 g/mol. The maximum absolute atomic E-state index is 12.4. The van der Waals surface area contributed by atoms with E-state index >= 15 is 0 Å². The summed E-state index contributed by atoms with van der Waals surface area (Å²) < 4.78 is 32.5. The highest BCUT2D eigenvalue weighted by atomic mass is 32.2. The number of aromatic nitrogens is 2. The van der Waals surface area contributed by atoms with Gasteiger partial charge in [0.2, 0.25) is 0 Å². The predicted molar refractivity (Wildman–Crippen MR) is 76.6 cm³/mol. The molecule has 0 aliphatic heterocycles. The van der Waals surface area contributed by atoms with Gasteiger partial charge in [-0.1, -0.05) is 0 Å². The van der Waals surface area contributed by atoms with Crippen LogP contribution in [0.1, 0.15) is 16.8 Å². The second-order valence-electron chi connectivity index (χ2n) is 4.63. The van der Waals surface area contributed by atoms with Gasteiger partial charge in [-0.25, -0.2) is 8.42 Å². The van der Waals surface area contributed by atoms with Crippen molar-refractivity contribution in [3.05, 3.63) is 35.0 Å². The van der Waals surface area contributed by atoms with Gasteiger partial charge < -0.3 is 4.74 Å². The fourth-order valence-electron chi connectivity index (χ4n) is 2.11. The van der Waals surface area contributed by atoms with Crippen LogP contribution < -0.4 is 9.46 Å². The lowest BCUT2D eigenvalue weighted by Gasteiger charge is -2.13. The molecule has 1 aromatic heterocycles. The molecule has 2 aromatic rings. The minimum absolute atomic E-state index is 0.249. The average Bonchev–Trinajstić information content (AvgIpc) is 2.72. The van der Waals surface area contributed by atoms with Crippen LogP contribution in [0.3, 0.4) is 0 Å². The number of methoxy groups -OCH3 is 1. The number of anilines is 1. The van der Waals surface area contributed by atoms with Crippen molar-refractivity contribution in [1.82, 2.24) is 10.2 Å². The fraction of sp³-hybridized carbons (Fsp3) is 0.308. The molecule has 7 heteroatoms. The molecule has 6 nitrogen and oxygen atoms in total. The van der Waals surface area contributed by atoms with E-state index in [1.54, 1.807) is 46.1 Å². The Morgan fingerprint density at radius 1 is 1.15 bits per heavy atom. The molecule has 108 valence electrons. The third kappa shape index (κ3) is 2.77. The van der Waals surface area contributed by atoms with Crippen molar-refractivity contribution in [3.63, 3.8) is 0 Å². The lowest BCUT2D eigenvalue weighted by Crippen LogP contribution is -2.16. The van der Waals surface area contributed by atoms with Gasteiger partial charge in [-0.2, -0.15) is 5.10 Å². The molecule has 20 heavy (non-hydrogen) atoms. The number of benzene rings is 1. The SMILES string of the molecule is COc1cc(C)c(S(=O)(=O)Nc2cc(C)[nH]n2)c(C)c1. The van der Waals surface area contributed by atoms with Crippen LogP contribution in [0.2, 0.25) is 0 Å². The molecule has 0 amide bonds. The molecule has 0 saturated heterocycles. The van der Waals surface area contributed by atoms with Gasteiger partial charge in [0.05, 0.1) is 12.0 Å². The van der Waals surface area contributed by atoms with Crippen molar-refractivity contribution in [3.8, 4) is 5.75 Å². The maximum atomic E-state index is 12.4. The molecule has 0 spiro atoms. The second-order valence-corrected chi connectivity index (χ2v) is 6.25. The Labute approximate surface area is 118 Å². The van der Waals surface area contributed by atoms with Crippen molar-refractivity contribution >= 4 is 15.8 Å². The summed E-state index contributed by atoms with van der Waals surface area (Å²) in [5, 5.41) is 6.57. The number of hydrogen-bond acceptors (Lipinski definition) is 4. The Kier molecular flexibility index (Phi) is 3.71. The number of sulfonamides is 1. The van der Waals surface area contributed by atoms with Crippen LogP contribution >= 0.6 is 0 Å². The number of rotatable bonds is 4. The van der Waals surface area contributed by atoms with Crippen molar-refractivity contribution in [2.45, 2.75) is 25.7 Å². The Balaban J connectivity index is 2.44. The van der Waals surface area contributed by atoms with Gasteiger partial charge in [0.1, 0.15) is 5.75 Å². The number of nitrogens with one attached hydrogen (secondary N) is 2. The van der Waals surface area contributed by atoms with Gasteiger partial charge in [-0.3, -0.25) is 9.82 Å². The third-order valence-corrected chi connectivity index (χ3v) is 4.54. The molecule has 2 rings (SSSR count). The second kappa shape index (κ2) is 5.16. The summed E-state index contributed by atoms with van der Waals surface area (Å²) in [5.41, 5.74) is 2.04. The minimum Gasteiger partial charge on any atom is -0.497 e. The maximum Gasteiger partial charge on any atom is 0.263 e. The van der Waals surface area contributed by atoms with Gasteiger partial charge in [0.25, 0.3) is 10.0 Å². The summed E-state index contributed by atoms with van der Waals surface area (Å²) in [6, 6.07) is 5.01. The van der Waals surface area contributed by atoms with Crippen molar-refractivity contribution in [2.75, 3.05) is 11.8 Å². The number of nitrogens with zero attached hydrogens (tertiary/aromatic N) is 1. The van der Waals surface area contributed by atoms with Crippen LogP contribution in [0.4, 0.5) is 5.82 Å². The monoisotopic (exact) mass is 295 g/mol. The molecule has 0 saturated carbocycles. The molecule has 0 radical (unpaired) electrons. The van der Waals surface area contributed by atoms with Crippen LogP contribution in [0.15, 0.2) is 23.1 Å². The van der Waals surface area contributed by atoms with Crippen LogP contribution in [0.25, 0.3) is 0 Å². The zero-order chi connectivity index (χ0) is 14.9. The summed E-state index contributed by atoms with van der Waals surface area (Å²) >= 11 is 0. The smallest absolute Gasteiger partial charge is 0.263 e. The minimum atomic E-state index is -3.67. The number of H-pyrrole nitrogens is 1. The first-order valence-electron chi connectivity index (χ1n) is 6.03. The number of hydrogen-bond donors (Lipinski definition) is 2. The quantitative estimate of drug-likeness (QED) is 0.905. The largest absolute Gasteiger partial charge is 0.497 e. The van der Waals surface area contributed by atoms with E-state index in [1.165, 1.54) is 0 Å². The van der Waals surface area contributed by atoms with E-state index in [0.29, 0.717) is 16.9 Å². The van der Waals surface area contributed by atoms with Crippen LogP contribution in [-0.2, 0) is 10.0 Å². The van der Waals surface area contributed by atoms with Gasteiger partial charge in [-0.05, 0) is 44.0 Å². The predicted octanol–water partition coefficient (Wildman–Crippen LogP) is 2.14. The summed E-state index contributed by atoms with van der Waals surface area (Å²) in [7, 11) is -2.13. The number of aromatic amines is 1. The molecule has 0 fully saturated rings. The van der Waals surface area contributed by atoms with Crippen molar-refractivity contribution in [2.24, 2.45) is 0 Å². The Morgan fingerprint density at radius 2 is 1.75 bits per heavy atom. The molecule has 1 heterocycles. The molecule has 0 bridgehead atoms. The first-order valence-corrected chi connectivity index (χ1v) is 7.52. The highest BCUT2D eigenvalue weighted by molar-refractivity contribution is 7.92. The van der Waals surface area contributed by atoms with Gasteiger partial charge in [-0.15, -0.1) is 0 Å². The van der Waals surface area contributed by atoms with Gasteiger partial charge in [0.15, 0.2) is 5.82 Å². The zero-order valence-electron chi connectivity index (χ0n) is 11.8. The van der Waals surface area contributed by atoms with E-state index < -0.39 is 10.0 Å². The zero-order valence-corrected chi connectivity index (χ0v) is 12.6. The molecule has 0 unspecified atom stereocenters. The van der Waals surface area contributed by atoms with Crippen molar-refractivity contribution < 1.29 is 13.2 Å². The van der Waals surface area contributed by atoms with Gasteiger partial charge in [0, 0.05) is 11.8 Å².